The second kappa shape index (κ2) is 6.78. The van der Waals surface area contributed by atoms with Crippen LogP contribution < -0.4 is 0 Å². The second-order valence-corrected chi connectivity index (χ2v) is 3.62. The van der Waals surface area contributed by atoms with Crippen molar-refractivity contribution in [2.75, 3.05) is 0 Å². The number of hydrogen-bond donors (Lipinski definition) is 0. The van der Waals surface area contributed by atoms with E-state index in [9.17, 15) is 4.79 Å². The highest BCUT2D eigenvalue weighted by Crippen LogP contribution is 2.15. The Hall–Kier alpha value is -1.63. The molecule has 0 atom stereocenters. The standard InChI is InChI=1S/C15H18O/c1-3-5-10-13(9-4-2)15(16)14-11-7-6-8-12-14/h3-5,7,9-12H,6,8H2,1-2H3/b5-3-,9-4-,13-10+. The van der Waals surface area contributed by atoms with Gasteiger partial charge in [-0.25, -0.2) is 0 Å². The van der Waals surface area contributed by atoms with Crippen LogP contribution in [0.1, 0.15) is 26.7 Å². The summed E-state index contributed by atoms with van der Waals surface area (Å²) in [6.45, 7) is 3.86. The Bertz CT molecular complexity index is 390. The molecule has 0 spiro atoms. The van der Waals surface area contributed by atoms with Crippen LogP contribution >= 0.6 is 0 Å². The fourth-order valence-electron chi connectivity index (χ4n) is 1.53. The van der Waals surface area contributed by atoms with Crippen LogP contribution in [0.2, 0.25) is 0 Å². The number of hydrogen-bond acceptors (Lipinski definition) is 1. The van der Waals surface area contributed by atoms with Gasteiger partial charge >= 0.3 is 0 Å². The maximum Gasteiger partial charge on any atom is 0.192 e. The second-order valence-electron chi connectivity index (χ2n) is 3.62. The van der Waals surface area contributed by atoms with Gasteiger partial charge in [0.1, 0.15) is 0 Å². The van der Waals surface area contributed by atoms with Crippen molar-refractivity contribution in [3.8, 4) is 0 Å². The van der Waals surface area contributed by atoms with E-state index in [4.69, 9.17) is 0 Å². The maximum atomic E-state index is 12.1. The number of carbonyl (C=O) groups excluding carboxylic acids is 1. The Kier molecular flexibility index (Phi) is 5.27. The molecule has 1 nitrogen and oxygen atoms in total. The molecule has 0 aromatic carbocycles. The van der Waals surface area contributed by atoms with Crippen LogP contribution in [0.4, 0.5) is 0 Å². The van der Waals surface area contributed by atoms with Crippen molar-refractivity contribution in [3.05, 3.63) is 59.8 Å². The predicted molar refractivity (Wildman–Crippen MR) is 69.2 cm³/mol. The molecule has 0 N–H and O–H groups in total. The molecule has 0 heterocycles. The quantitative estimate of drug-likeness (QED) is 0.512. The van der Waals surface area contributed by atoms with Gasteiger partial charge in [0.2, 0.25) is 0 Å². The van der Waals surface area contributed by atoms with Crippen molar-refractivity contribution in [2.45, 2.75) is 26.7 Å². The summed E-state index contributed by atoms with van der Waals surface area (Å²) in [5.41, 5.74) is 1.54. The van der Waals surface area contributed by atoms with Gasteiger partial charge in [-0.3, -0.25) is 4.79 Å². The molecule has 84 valence electrons. The summed E-state index contributed by atoms with van der Waals surface area (Å²) in [5, 5.41) is 0. The highest BCUT2D eigenvalue weighted by atomic mass is 16.1. The molecule has 0 radical (unpaired) electrons. The van der Waals surface area contributed by atoms with Gasteiger partial charge in [0.15, 0.2) is 5.78 Å². The lowest BCUT2D eigenvalue weighted by atomic mass is 9.97. The summed E-state index contributed by atoms with van der Waals surface area (Å²) >= 11 is 0. The minimum absolute atomic E-state index is 0.104. The van der Waals surface area contributed by atoms with Crippen molar-refractivity contribution in [1.29, 1.82) is 0 Å². The molecule has 1 rings (SSSR count). The summed E-state index contributed by atoms with van der Waals surface area (Å²) in [7, 11) is 0. The van der Waals surface area contributed by atoms with E-state index in [1.54, 1.807) is 0 Å². The van der Waals surface area contributed by atoms with Gasteiger partial charge < -0.3 is 0 Å². The van der Waals surface area contributed by atoms with E-state index in [1.807, 2.05) is 56.4 Å². The highest BCUT2D eigenvalue weighted by Gasteiger charge is 2.10. The molecule has 0 aliphatic heterocycles. The van der Waals surface area contributed by atoms with Crippen LogP contribution in [0, 0.1) is 0 Å². The normalized spacial score (nSPS) is 17.1. The summed E-state index contributed by atoms with van der Waals surface area (Å²) in [5.74, 6) is 0.104. The van der Waals surface area contributed by atoms with Crippen molar-refractivity contribution in [3.63, 3.8) is 0 Å². The first-order valence-corrected chi connectivity index (χ1v) is 5.66. The first-order valence-electron chi connectivity index (χ1n) is 5.66. The van der Waals surface area contributed by atoms with Gasteiger partial charge in [-0.05, 0) is 26.7 Å². The van der Waals surface area contributed by atoms with Gasteiger partial charge in [0, 0.05) is 11.1 Å². The monoisotopic (exact) mass is 214 g/mol. The number of rotatable bonds is 4. The molecule has 0 aromatic rings. The fraction of sp³-hybridized carbons (Fsp3) is 0.267. The van der Waals surface area contributed by atoms with Gasteiger partial charge in [-0.1, -0.05) is 48.6 Å². The average Bonchev–Trinajstić information content (AvgIpc) is 2.35. The highest BCUT2D eigenvalue weighted by molar-refractivity contribution is 6.12. The topological polar surface area (TPSA) is 17.1 Å². The van der Waals surface area contributed by atoms with Crippen molar-refractivity contribution < 1.29 is 4.79 Å². The minimum Gasteiger partial charge on any atom is -0.289 e. The molecule has 0 saturated carbocycles. The zero-order valence-electron chi connectivity index (χ0n) is 9.94. The molecular formula is C15H18O. The predicted octanol–water partition coefficient (Wildman–Crippen LogP) is 3.91. The molecule has 0 aromatic heterocycles. The molecule has 0 unspecified atom stereocenters. The third-order valence-corrected chi connectivity index (χ3v) is 2.33. The SMILES string of the molecule is C\C=C/C=C(\C=C/C)C(=O)C1=CCCC=C1. The summed E-state index contributed by atoms with van der Waals surface area (Å²) in [4.78, 5) is 12.1. The maximum absolute atomic E-state index is 12.1. The third-order valence-electron chi connectivity index (χ3n) is 2.33. The number of Topliss-reactive ketones (excluding diaryl/α,β-unsaturated/α-hetero) is 1. The fourth-order valence-corrected chi connectivity index (χ4v) is 1.53. The number of ketones is 1. The van der Waals surface area contributed by atoms with Crippen LogP contribution in [-0.2, 0) is 4.79 Å². The zero-order valence-corrected chi connectivity index (χ0v) is 9.94. The molecule has 0 amide bonds. The van der Waals surface area contributed by atoms with Gasteiger partial charge in [0.05, 0.1) is 0 Å². The smallest absolute Gasteiger partial charge is 0.192 e. The van der Waals surface area contributed by atoms with Crippen LogP contribution in [0.25, 0.3) is 0 Å². The Morgan fingerprint density at radius 1 is 1.25 bits per heavy atom. The van der Waals surface area contributed by atoms with E-state index in [0.29, 0.717) is 0 Å². The summed E-state index contributed by atoms with van der Waals surface area (Å²) in [6, 6.07) is 0. The van der Waals surface area contributed by atoms with Crippen LogP contribution in [0.15, 0.2) is 59.8 Å². The first-order chi connectivity index (χ1) is 7.79. The van der Waals surface area contributed by atoms with Crippen LogP contribution in [-0.4, -0.2) is 5.78 Å². The molecule has 1 aliphatic carbocycles. The Balaban J connectivity index is 2.91. The van der Waals surface area contributed by atoms with E-state index >= 15 is 0 Å². The van der Waals surface area contributed by atoms with E-state index in [2.05, 4.69) is 6.08 Å². The lowest BCUT2D eigenvalue weighted by molar-refractivity contribution is -0.111. The molecule has 0 saturated heterocycles. The van der Waals surface area contributed by atoms with Gasteiger partial charge in [-0.2, -0.15) is 0 Å². The van der Waals surface area contributed by atoms with Crippen molar-refractivity contribution in [1.82, 2.24) is 0 Å². The van der Waals surface area contributed by atoms with Crippen molar-refractivity contribution >= 4 is 5.78 Å². The molecule has 0 fully saturated rings. The summed E-state index contributed by atoms with van der Waals surface area (Å²) < 4.78 is 0. The summed E-state index contributed by atoms with van der Waals surface area (Å²) in [6.07, 6.45) is 17.4. The van der Waals surface area contributed by atoms with Crippen molar-refractivity contribution in [2.24, 2.45) is 0 Å². The minimum atomic E-state index is 0.104. The average molecular weight is 214 g/mol. The molecule has 0 bridgehead atoms. The Morgan fingerprint density at radius 3 is 2.62 bits per heavy atom. The lowest BCUT2D eigenvalue weighted by Crippen LogP contribution is -2.04. The molecular weight excluding hydrogens is 196 g/mol. The van der Waals surface area contributed by atoms with Crippen LogP contribution in [0.5, 0.6) is 0 Å². The first kappa shape index (κ1) is 12.4. The van der Waals surface area contributed by atoms with E-state index in [1.165, 1.54) is 0 Å². The largest absolute Gasteiger partial charge is 0.289 e. The number of carbonyl (C=O) groups is 1. The molecule has 1 aliphatic rings. The molecule has 16 heavy (non-hydrogen) atoms. The zero-order chi connectivity index (χ0) is 11.8. The van der Waals surface area contributed by atoms with Crippen LogP contribution in [0.3, 0.4) is 0 Å². The van der Waals surface area contributed by atoms with Gasteiger partial charge in [-0.15, -0.1) is 0 Å². The number of allylic oxidation sites excluding steroid dienone is 10. The Morgan fingerprint density at radius 2 is 2.06 bits per heavy atom. The van der Waals surface area contributed by atoms with E-state index in [-0.39, 0.29) is 5.78 Å². The van der Waals surface area contributed by atoms with E-state index in [0.717, 1.165) is 24.0 Å². The van der Waals surface area contributed by atoms with E-state index < -0.39 is 0 Å². The Labute approximate surface area is 97.6 Å². The third kappa shape index (κ3) is 3.50. The lowest BCUT2D eigenvalue weighted by Gasteiger charge is -2.06. The van der Waals surface area contributed by atoms with Gasteiger partial charge in [0.25, 0.3) is 0 Å². The molecule has 1 heteroatoms.